The molecule has 0 unspecified atom stereocenters. The summed E-state index contributed by atoms with van der Waals surface area (Å²) in [6, 6.07) is -0.953. The second-order valence-electron chi connectivity index (χ2n) is 5.20. The summed E-state index contributed by atoms with van der Waals surface area (Å²) < 4.78 is 20.7. The van der Waals surface area contributed by atoms with Gasteiger partial charge in [0.05, 0.1) is 0 Å². The molecule has 0 aromatic rings. The highest BCUT2D eigenvalue weighted by Crippen LogP contribution is 2.28. The molecule has 0 bridgehead atoms. The van der Waals surface area contributed by atoms with Gasteiger partial charge in [0, 0.05) is 27.7 Å². The van der Waals surface area contributed by atoms with Crippen molar-refractivity contribution in [2.75, 3.05) is 6.61 Å². The minimum atomic E-state index is -1.11. The van der Waals surface area contributed by atoms with E-state index in [0.717, 1.165) is 13.8 Å². The van der Waals surface area contributed by atoms with E-state index in [2.05, 4.69) is 5.32 Å². The lowest BCUT2D eigenvalue weighted by Crippen LogP contribution is -2.64. The van der Waals surface area contributed by atoms with Gasteiger partial charge in [-0.2, -0.15) is 0 Å². The Morgan fingerprint density at radius 2 is 1.50 bits per heavy atom. The smallest absolute Gasteiger partial charge is 0.303 e. The predicted octanol–water partition coefficient (Wildman–Crippen LogP) is -0.119. The molecule has 0 saturated carbocycles. The quantitative estimate of drug-likeness (QED) is 0.407. The SMILES string of the molecule is CC(=O)N[C@@H]1[C@H](OC(C)=O)[C@H](OC(C)=O)[C@@H](COC(C)=O)O[C@H]1Cl. The summed E-state index contributed by atoms with van der Waals surface area (Å²) in [6.45, 7) is 4.51. The van der Waals surface area contributed by atoms with Gasteiger partial charge >= 0.3 is 17.9 Å². The van der Waals surface area contributed by atoms with Gasteiger partial charge in [0.2, 0.25) is 5.91 Å². The summed E-state index contributed by atoms with van der Waals surface area (Å²) in [4.78, 5) is 45.2. The molecule has 0 aliphatic carbocycles. The Labute approximate surface area is 143 Å². The first-order chi connectivity index (χ1) is 11.1. The molecule has 1 heterocycles. The fourth-order valence-electron chi connectivity index (χ4n) is 2.28. The molecule has 0 aromatic heterocycles. The van der Waals surface area contributed by atoms with Gasteiger partial charge in [0.1, 0.15) is 18.8 Å². The van der Waals surface area contributed by atoms with E-state index >= 15 is 0 Å². The molecule has 5 atom stereocenters. The van der Waals surface area contributed by atoms with E-state index < -0.39 is 53.7 Å². The Hall–Kier alpha value is -1.87. The number of rotatable bonds is 5. The van der Waals surface area contributed by atoms with Crippen molar-refractivity contribution in [1.82, 2.24) is 5.32 Å². The molecule has 1 rings (SSSR count). The lowest BCUT2D eigenvalue weighted by molar-refractivity contribution is -0.212. The second kappa shape index (κ2) is 8.84. The highest BCUT2D eigenvalue weighted by atomic mass is 35.5. The number of halogens is 1. The van der Waals surface area contributed by atoms with Crippen molar-refractivity contribution in [3.63, 3.8) is 0 Å². The maximum absolute atomic E-state index is 11.4. The molecule has 0 aromatic carbocycles. The van der Waals surface area contributed by atoms with Crippen LogP contribution in [0.3, 0.4) is 0 Å². The van der Waals surface area contributed by atoms with Crippen LogP contribution in [-0.2, 0) is 38.1 Å². The average Bonchev–Trinajstić information content (AvgIpc) is 2.42. The van der Waals surface area contributed by atoms with Crippen LogP contribution < -0.4 is 5.32 Å². The molecule has 24 heavy (non-hydrogen) atoms. The Morgan fingerprint density at radius 3 is 1.96 bits per heavy atom. The Bertz CT molecular complexity index is 511. The highest BCUT2D eigenvalue weighted by molar-refractivity contribution is 6.20. The molecule has 0 radical (unpaired) electrons. The van der Waals surface area contributed by atoms with Crippen LogP contribution in [0.5, 0.6) is 0 Å². The lowest BCUT2D eigenvalue weighted by atomic mass is 9.97. The summed E-state index contributed by atoms with van der Waals surface area (Å²) in [5.74, 6) is -2.33. The zero-order valence-corrected chi connectivity index (χ0v) is 14.5. The number of alkyl halides is 1. The van der Waals surface area contributed by atoms with Crippen molar-refractivity contribution in [3.8, 4) is 0 Å². The van der Waals surface area contributed by atoms with Crippen LogP contribution >= 0.6 is 11.6 Å². The number of hydrogen-bond donors (Lipinski definition) is 1. The molecule has 136 valence electrons. The zero-order valence-electron chi connectivity index (χ0n) is 13.7. The van der Waals surface area contributed by atoms with E-state index in [4.69, 9.17) is 30.5 Å². The summed E-state index contributed by atoms with van der Waals surface area (Å²) in [6.07, 6.45) is -3.18. The molecule has 9 nitrogen and oxygen atoms in total. The molecule has 1 aliphatic rings. The van der Waals surface area contributed by atoms with Crippen molar-refractivity contribution >= 4 is 35.4 Å². The van der Waals surface area contributed by atoms with Gasteiger partial charge in [-0.15, -0.1) is 0 Å². The predicted molar refractivity (Wildman–Crippen MR) is 79.9 cm³/mol. The first-order valence-electron chi connectivity index (χ1n) is 7.16. The van der Waals surface area contributed by atoms with E-state index in [0.29, 0.717) is 0 Å². The van der Waals surface area contributed by atoms with Crippen LogP contribution in [0.15, 0.2) is 0 Å². The van der Waals surface area contributed by atoms with Crippen molar-refractivity contribution in [3.05, 3.63) is 0 Å². The monoisotopic (exact) mass is 365 g/mol. The number of amides is 1. The summed E-state index contributed by atoms with van der Waals surface area (Å²) >= 11 is 6.11. The number of hydrogen-bond acceptors (Lipinski definition) is 8. The number of ether oxygens (including phenoxy) is 4. The molecule has 1 fully saturated rings. The number of carbonyl (C=O) groups excluding carboxylic acids is 4. The molecule has 10 heteroatoms. The van der Waals surface area contributed by atoms with Gasteiger partial charge in [0.15, 0.2) is 17.8 Å². The molecular weight excluding hydrogens is 346 g/mol. The normalized spacial score (nSPS) is 29.3. The third-order valence-corrected chi connectivity index (χ3v) is 3.43. The summed E-state index contributed by atoms with van der Waals surface area (Å²) in [5, 5.41) is 2.50. The molecule has 1 aliphatic heterocycles. The first kappa shape index (κ1) is 20.2. The third kappa shape index (κ3) is 5.97. The Kier molecular flexibility index (Phi) is 7.43. The van der Waals surface area contributed by atoms with Crippen LogP contribution in [0.4, 0.5) is 0 Å². The minimum Gasteiger partial charge on any atom is -0.463 e. The topological polar surface area (TPSA) is 117 Å². The van der Waals surface area contributed by atoms with Crippen LogP contribution in [-0.4, -0.2) is 60.3 Å². The average molecular weight is 366 g/mol. The van der Waals surface area contributed by atoms with Crippen molar-refractivity contribution < 1.29 is 38.1 Å². The molecule has 1 amide bonds. The van der Waals surface area contributed by atoms with Gasteiger partial charge in [-0.3, -0.25) is 19.2 Å². The summed E-state index contributed by atoms with van der Waals surface area (Å²) in [7, 11) is 0. The lowest BCUT2D eigenvalue weighted by Gasteiger charge is -2.43. The fourth-order valence-corrected chi connectivity index (χ4v) is 2.62. The minimum absolute atomic E-state index is 0.263. The van der Waals surface area contributed by atoms with Gasteiger partial charge in [-0.25, -0.2) is 0 Å². The van der Waals surface area contributed by atoms with Crippen LogP contribution in [0.25, 0.3) is 0 Å². The van der Waals surface area contributed by atoms with E-state index in [9.17, 15) is 19.2 Å². The summed E-state index contributed by atoms with van der Waals surface area (Å²) in [5.41, 5.74) is -1.09. The molecule has 0 spiro atoms. The van der Waals surface area contributed by atoms with E-state index in [1.54, 1.807) is 0 Å². The molecule has 1 saturated heterocycles. The highest BCUT2D eigenvalue weighted by Gasteiger charge is 2.50. The fraction of sp³-hybridized carbons (Fsp3) is 0.714. The first-order valence-corrected chi connectivity index (χ1v) is 7.60. The Balaban J connectivity index is 3.11. The third-order valence-electron chi connectivity index (χ3n) is 3.06. The van der Waals surface area contributed by atoms with Crippen LogP contribution in [0, 0.1) is 0 Å². The standard InChI is InChI=1S/C14H20ClNO8/c1-6(17)16-11-13(23-9(4)20)12(22-8(3)19)10(24-14(11)15)5-21-7(2)18/h10-14H,5H2,1-4H3,(H,16,17)/t10-,11-,12-,13+,14-/m1/s1. The van der Waals surface area contributed by atoms with Crippen molar-refractivity contribution in [1.29, 1.82) is 0 Å². The van der Waals surface area contributed by atoms with Crippen LogP contribution in [0.1, 0.15) is 27.7 Å². The zero-order chi connectivity index (χ0) is 18.4. The van der Waals surface area contributed by atoms with Crippen molar-refractivity contribution in [2.24, 2.45) is 0 Å². The maximum atomic E-state index is 11.4. The molecule has 1 N–H and O–H groups in total. The van der Waals surface area contributed by atoms with Crippen LogP contribution in [0.2, 0.25) is 0 Å². The van der Waals surface area contributed by atoms with E-state index in [1.165, 1.54) is 13.8 Å². The second-order valence-corrected chi connectivity index (χ2v) is 5.63. The van der Waals surface area contributed by atoms with Gasteiger partial charge in [0.25, 0.3) is 0 Å². The van der Waals surface area contributed by atoms with E-state index in [-0.39, 0.29) is 6.61 Å². The van der Waals surface area contributed by atoms with Gasteiger partial charge in [-0.05, 0) is 0 Å². The molecular formula is C14H20ClNO8. The van der Waals surface area contributed by atoms with Gasteiger partial charge < -0.3 is 24.3 Å². The number of nitrogens with one attached hydrogen (secondary N) is 1. The van der Waals surface area contributed by atoms with E-state index in [1.807, 2.05) is 0 Å². The largest absolute Gasteiger partial charge is 0.463 e. The van der Waals surface area contributed by atoms with Crippen molar-refractivity contribution in [2.45, 2.75) is 57.6 Å². The number of esters is 3. The van der Waals surface area contributed by atoms with Gasteiger partial charge in [-0.1, -0.05) is 11.6 Å². The Morgan fingerprint density at radius 1 is 0.958 bits per heavy atom. The number of carbonyl (C=O) groups is 4. The maximum Gasteiger partial charge on any atom is 0.303 e.